The summed E-state index contributed by atoms with van der Waals surface area (Å²) in [6.45, 7) is 3.95. The van der Waals surface area contributed by atoms with E-state index in [0.29, 0.717) is 11.7 Å². The van der Waals surface area contributed by atoms with Crippen molar-refractivity contribution in [2.45, 2.75) is 0 Å². The van der Waals surface area contributed by atoms with Gasteiger partial charge in [0.15, 0.2) is 0 Å². The molecule has 0 saturated heterocycles. The normalized spacial score (nSPS) is 12.0. The predicted molar refractivity (Wildman–Crippen MR) is 73.6 cm³/mol. The summed E-state index contributed by atoms with van der Waals surface area (Å²) < 4.78 is 0. The highest BCUT2D eigenvalue weighted by Crippen LogP contribution is 2.18. The summed E-state index contributed by atoms with van der Waals surface area (Å²) in [5, 5.41) is 12.8. The van der Waals surface area contributed by atoms with Crippen LogP contribution in [0.2, 0.25) is 5.02 Å². The van der Waals surface area contributed by atoms with Crippen molar-refractivity contribution in [3.8, 4) is 0 Å². The van der Waals surface area contributed by atoms with Crippen LogP contribution in [-0.4, -0.2) is 25.0 Å². The Bertz CT molecular complexity index is 452. The van der Waals surface area contributed by atoms with Gasteiger partial charge in [0.1, 0.15) is 5.76 Å². The third kappa shape index (κ3) is 4.85. The van der Waals surface area contributed by atoms with Gasteiger partial charge in [0, 0.05) is 16.8 Å². The van der Waals surface area contributed by atoms with Crippen LogP contribution in [0.3, 0.4) is 0 Å². The summed E-state index contributed by atoms with van der Waals surface area (Å²) in [5.74, 6) is -0.0177. The first-order chi connectivity index (χ1) is 8.13. The largest absolute Gasteiger partial charge is 0.509 e. The number of nitrogens with one attached hydrogen (secondary N) is 1. The molecule has 0 atom stereocenters. The van der Waals surface area contributed by atoms with Gasteiger partial charge < -0.3 is 10.4 Å². The van der Waals surface area contributed by atoms with Crippen LogP contribution in [0.4, 0.5) is 0 Å². The second kappa shape index (κ2) is 6.89. The van der Waals surface area contributed by atoms with Gasteiger partial charge in [-0.05, 0) is 30.8 Å². The SMILES string of the molecule is C=C(O)/C=C(\C=NCNC)c1cccc(Cl)c1. The van der Waals surface area contributed by atoms with Gasteiger partial charge in [0.2, 0.25) is 0 Å². The number of aliphatic imine (C=N–C) groups is 1. The maximum Gasteiger partial charge on any atom is 0.109 e. The molecule has 1 rings (SSSR count). The molecule has 0 heterocycles. The molecular formula is C13H15ClN2O. The highest BCUT2D eigenvalue weighted by atomic mass is 35.5. The van der Waals surface area contributed by atoms with Crippen LogP contribution < -0.4 is 5.32 Å². The highest BCUT2D eigenvalue weighted by Gasteiger charge is 2.00. The van der Waals surface area contributed by atoms with E-state index in [2.05, 4.69) is 16.9 Å². The third-order valence-corrected chi connectivity index (χ3v) is 2.19. The number of hydrogen-bond donors (Lipinski definition) is 2. The second-order valence-corrected chi connectivity index (χ2v) is 3.86. The standard InChI is InChI=1S/C13H15ClN2O/c1-10(17)6-12(8-16-9-15-2)11-4-3-5-13(14)7-11/h3-8,15,17H,1,9H2,2H3/b12-6+,16-8?. The van der Waals surface area contributed by atoms with Gasteiger partial charge in [-0.1, -0.05) is 30.3 Å². The molecule has 90 valence electrons. The summed E-state index contributed by atoms with van der Waals surface area (Å²) >= 11 is 5.92. The van der Waals surface area contributed by atoms with E-state index < -0.39 is 0 Å². The van der Waals surface area contributed by atoms with Gasteiger partial charge >= 0.3 is 0 Å². The Labute approximate surface area is 106 Å². The van der Waals surface area contributed by atoms with E-state index >= 15 is 0 Å². The van der Waals surface area contributed by atoms with E-state index in [-0.39, 0.29) is 5.76 Å². The molecule has 2 N–H and O–H groups in total. The molecule has 4 heteroatoms. The first kappa shape index (κ1) is 13.5. The van der Waals surface area contributed by atoms with Crippen molar-refractivity contribution >= 4 is 23.4 Å². The lowest BCUT2D eigenvalue weighted by Gasteiger charge is -2.03. The zero-order valence-corrected chi connectivity index (χ0v) is 10.4. The second-order valence-electron chi connectivity index (χ2n) is 3.42. The van der Waals surface area contributed by atoms with Crippen LogP contribution in [0.25, 0.3) is 5.57 Å². The quantitative estimate of drug-likeness (QED) is 0.479. The van der Waals surface area contributed by atoms with Crippen LogP contribution in [0.5, 0.6) is 0 Å². The molecule has 0 saturated carbocycles. The fourth-order valence-electron chi connectivity index (χ4n) is 1.28. The van der Waals surface area contributed by atoms with Crippen LogP contribution in [0.1, 0.15) is 5.56 Å². The first-order valence-electron chi connectivity index (χ1n) is 5.13. The van der Waals surface area contributed by atoms with Crippen molar-refractivity contribution in [3.05, 3.63) is 53.3 Å². The minimum absolute atomic E-state index is 0.0177. The van der Waals surface area contributed by atoms with Gasteiger partial charge in [0.25, 0.3) is 0 Å². The topological polar surface area (TPSA) is 44.6 Å². The number of benzene rings is 1. The molecule has 0 aliphatic rings. The fourth-order valence-corrected chi connectivity index (χ4v) is 1.47. The van der Waals surface area contributed by atoms with Gasteiger partial charge in [-0.3, -0.25) is 4.99 Å². The molecular weight excluding hydrogens is 236 g/mol. The molecule has 0 fully saturated rings. The van der Waals surface area contributed by atoms with Gasteiger partial charge in [-0.2, -0.15) is 0 Å². The summed E-state index contributed by atoms with van der Waals surface area (Å²) in [5.41, 5.74) is 1.64. The number of aliphatic hydroxyl groups is 1. The van der Waals surface area contributed by atoms with Crippen molar-refractivity contribution in [2.75, 3.05) is 13.7 Å². The lowest BCUT2D eigenvalue weighted by Crippen LogP contribution is -2.05. The maximum atomic E-state index is 9.23. The number of halogens is 1. The van der Waals surface area contributed by atoms with Crippen molar-refractivity contribution < 1.29 is 5.11 Å². The Morgan fingerprint density at radius 3 is 2.94 bits per heavy atom. The van der Waals surface area contributed by atoms with Crippen molar-refractivity contribution in [2.24, 2.45) is 4.99 Å². The summed E-state index contributed by atoms with van der Waals surface area (Å²) in [7, 11) is 1.81. The summed E-state index contributed by atoms with van der Waals surface area (Å²) in [6, 6.07) is 7.34. The third-order valence-electron chi connectivity index (χ3n) is 1.96. The number of rotatable bonds is 5. The predicted octanol–water partition coefficient (Wildman–Crippen LogP) is 3.04. The smallest absolute Gasteiger partial charge is 0.109 e. The zero-order chi connectivity index (χ0) is 12.7. The average molecular weight is 251 g/mol. The molecule has 1 aromatic rings. The van der Waals surface area contributed by atoms with Crippen LogP contribution in [0.15, 0.2) is 47.7 Å². The van der Waals surface area contributed by atoms with Gasteiger partial charge in [-0.15, -0.1) is 0 Å². The number of nitrogens with zero attached hydrogens (tertiary/aromatic N) is 1. The molecule has 0 aliphatic carbocycles. The summed E-state index contributed by atoms with van der Waals surface area (Å²) in [4.78, 5) is 4.15. The van der Waals surface area contributed by atoms with Gasteiger partial charge in [0.05, 0.1) is 6.67 Å². The van der Waals surface area contributed by atoms with Crippen LogP contribution in [-0.2, 0) is 0 Å². The Balaban J connectivity index is 3.02. The number of aliphatic hydroxyl groups excluding tert-OH is 1. The maximum absolute atomic E-state index is 9.23. The van der Waals surface area contributed by atoms with E-state index in [1.165, 1.54) is 0 Å². The minimum Gasteiger partial charge on any atom is -0.509 e. The monoisotopic (exact) mass is 250 g/mol. The van der Waals surface area contributed by atoms with Crippen LogP contribution in [0, 0.1) is 0 Å². The lowest BCUT2D eigenvalue weighted by molar-refractivity contribution is 0.436. The fraction of sp³-hybridized carbons (Fsp3) is 0.154. The highest BCUT2D eigenvalue weighted by molar-refractivity contribution is 6.31. The van der Waals surface area contributed by atoms with Crippen LogP contribution >= 0.6 is 11.6 Å². The van der Waals surface area contributed by atoms with Crippen molar-refractivity contribution in [1.29, 1.82) is 0 Å². The Morgan fingerprint density at radius 1 is 1.59 bits per heavy atom. The Morgan fingerprint density at radius 2 is 2.35 bits per heavy atom. The number of hydrogen-bond acceptors (Lipinski definition) is 3. The molecule has 0 radical (unpaired) electrons. The van der Waals surface area contributed by atoms with E-state index in [9.17, 15) is 5.11 Å². The molecule has 0 aromatic heterocycles. The van der Waals surface area contributed by atoms with Crippen molar-refractivity contribution in [3.63, 3.8) is 0 Å². The minimum atomic E-state index is -0.0177. The Kier molecular flexibility index (Phi) is 5.46. The van der Waals surface area contributed by atoms with Gasteiger partial charge in [-0.25, -0.2) is 0 Å². The Hall–Kier alpha value is -1.58. The summed E-state index contributed by atoms with van der Waals surface area (Å²) in [6.07, 6.45) is 3.22. The van der Waals surface area contributed by atoms with Crippen molar-refractivity contribution in [1.82, 2.24) is 5.32 Å². The zero-order valence-electron chi connectivity index (χ0n) is 9.65. The number of allylic oxidation sites excluding steroid dienone is 2. The molecule has 0 amide bonds. The molecule has 0 spiro atoms. The van der Waals surface area contributed by atoms with E-state index in [0.717, 1.165) is 11.1 Å². The molecule has 0 bridgehead atoms. The van der Waals surface area contributed by atoms with E-state index in [1.54, 1.807) is 18.4 Å². The molecule has 17 heavy (non-hydrogen) atoms. The lowest BCUT2D eigenvalue weighted by atomic mass is 10.1. The molecule has 0 unspecified atom stereocenters. The van der Waals surface area contributed by atoms with E-state index in [4.69, 9.17) is 11.6 Å². The molecule has 1 aromatic carbocycles. The van der Waals surface area contributed by atoms with E-state index in [1.807, 2.05) is 25.2 Å². The molecule has 3 nitrogen and oxygen atoms in total. The molecule has 0 aliphatic heterocycles. The first-order valence-corrected chi connectivity index (χ1v) is 5.51. The average Bonchev–Trinajstić information content (AvgIpc) is 2.27.